The van der Waals surface area contributed by atoms with E-state index in [4.69, 9.17) is 0 Å². The molecule has 6 heteroatoms. The normalized spacial score (nSPS) is 11.9. The first-order valence-corrected chi connectivity index (χ1v) is 7.88. The van der Waals surface area contributed by atoms with Crippen LogP contribution < -0.4 is 5.43 Å². The van der Waals surface area contributed by atoms with Gasteiger partial charge in [0.15, 0.2) is 0 Å². The lowest BCUT2D eigenvalue weighted by atomic mass is 9.87. The fourth-order valence-corrected chi connectivity index (χ4v) is 2.21. The summed E-state index contributed by atoms with van der Waals surface area (Å²) in [5.74, 6) is -0.304. The molecule has 0 aromatic heterocycles. The van der Waals surface area contributed by atoms with Crippen molar-refractivity contribution in [2.75, 3.05) is 0 Å². The molecule has 0 atom stereocenters. The number of nitro groups is 1. The summed E-state index contributed by atoms with van der Waals surface area (Å²) in [7, 11) is 0. The number of nitrogens with one attached hydrogen (secondary N) is 1. The summed E-state index contributed by atoms with van der Waals surface area (Å²) in [6.07, 6.45) is 0. The van der Waals surface area contributed by atoms with E-state index in [-0.39, 0.29) is 17.0 Å². The van der Waals surface area contributed by atoms with Crippen molar-refractivity contribution in [1.82, 2.24) is 5.43 Å². The maximum Gasteiger partial charge on any atom is 0.271 e. The van der Waals surface area contributed by atoms with E-state index in [1.807, 2.05) is 12.1 Å². The molecule has 1 amide bonds. The number of rotatable bonds is 4. The number of hydrogen-bond donors (Lipinski definition) is 1. The summed E-state index contributed by atoms with van der Waals surface area (Å²) in [5.41, 5.74) is 5.49. The van der Waals surface area contributed by atoms with Gasteiger partial charge in [0.1, 0.15) is 0 Å². The standard InChI is InChI=1S/C19H21N3O3/c1-13(14-7-11-17(12-8-14)22(24)25)20-21-18(23)15-5-9-16(10-6-15)19(2,3)4/h5-12H,1-4H3,(H,21,23)/b20-13-. The van der Waals surface area contributed by atoms with Crippen molar-refractivity contribution in [3.63, 3.8) is 0 Å². The number of carbonyl (C=O) groups is 1. The van der Waals surface area contributed by atoms with Crippen LogP contribution in [0, 0.1) is 10.1 Å². The van der Waals surface area contributed by atoms with Crippen molar-refractivity contribution in [2.45, 2.75) is 33.1 Å². The van der Waals surface area contributed by atoms with Crippen molar-refractivity contribution in [2.24, 2.45) is 5.10 Å². The zero-order chi connectivity index (χ0) is 18.6. The summed E-state index contributed by atoms with van der Waals surface area (Å²) in [6.45, 7) is 8.06. The minimum Gasteiger partial charge on any atom is -0.267 e. The molecular weight excluding hydrogens is 318 g/mol. The molecule has 0 saturated carbocycles. The molecule has 2 aromatic rings. The molecule has 0 bridgehead atoms. The van der Waals surface area contributed by atoms with Crippen LogP contribution in [0.1, 0.15) is 49.2 Å². The van der Waals surface area contributed by atoms with E-state index < -0.39 is 4.92 Å². The van der Waals surface area contributed by atoms with Gasteiger partial charge in [0.25, 0.3) is 11.6 Å². The van der Waals surface area contributed by atoms with Crippen molar-refractivity contribution >= 4 is 17.3 Å². The van der Waals surface area contributed by atoms with E-state index in [2.05, 4.69) is 31.3 Å². The van der Waals surface area contributed by atoms with Crippen molar-refractivity contribution < 1.29 is 9.72 Å². The van der Waals surface area contributed by atoms with Crippen LogP contribution in [0.5, 0.6) is 0 Å². The Morgan fingerprint density at radius 3 is 2.00 bits per heavy atom. The fourth-order valence-electron chi connectivity index (χ4n) is 2.21. The van der Waals surface area contributed by atoms with Crippen molar-refractivity contribution in [1.29, 1.82) is 0 Å². The number of nitrogens with zero attached hydrogens (tertiary/aromatic N) is 2. The zero-order valence-electron chi connectivity index (χ0n) is 14.7. The third kappa shape index (κ3) is 4.73. The van der Waals surface area contributed by atoms with Gasteiger partial charge in [0.2, 0.25) is 0 Å². The highest BCUT2D eigenvalue weighted by atomic mass is 16.6. The topological polar surface area (TPSA) is 84.6 Å². The molecule has 0 saturated heterocycles. The van der Waals surface area contributed by atoms with Crippen LogP contribution in [-0.2, 0) is 5.41 Å². The van der Waals surface area contributed by atoms with Gasteiger partial charge >= 0.3 is 0 Å². The van der Waals surface area contributed by atoms with Crippen molar-refractivity contribution in [3.05, 3.63) is 75.3 Å². The van der Waals surface area contributed by atoms with Gasteiger partial charge in [-0.25, -0.2) is 5.43 Å². The molecule has 2 aromatic carbocycles. The Morgan fingerprint density at radius 2 is 1.52 bits per heavy atom. The first-order chi connectivity index (χ1) is 11.7. The second-order valence-corrected chi connectivity index (χ2v) is 6.77. The SMILES string of the molecule is C/C(=N/NC(=O)c1ccc(C(C)(C)C)cc1)c1ccc([N+](=O)[O-])cc1. The Bertz CT molecular complexity index is 801. The number of benzene rings is 2. The lowest BCUT2D eigenvalue weighted by Crippen LogP contribution is -2.20. The third-order valence-electron chi connectivity index (χ3n) is 3.83. The smallest absolute Gasteiger partial charge is 0.267 e. The Kier molecular flexibility index (Phi) is 5.32. The maximum atomic E-state index is 12.2. The number of nitro benzene ring substituents is 1. The lowest BCUT2D eigenvalue weighted by Gasteiger charge is -2.18. The molecule has 0 spiro atoms. The van der Waals surface area contributed by atoms with E-state index in [1.54, 1.807) is 31.2 Å². The average Bonchev–Trinajstić information content (AvgIpc) is 2.58. The Balaban J connectivity index is 2.07. The van der Waals surface area contributed by atoms with E-state index in [9.17, 15) is 14.9 Å². The highest BCUT2D eigenvalue weighted by Gasteiger charge is 2.14. The quantitative estimate of drug-likeness (QED) is 0.518. The highest BCUT2D eigenvalue weighted by Crippen LogP contribution is 2.22. The molecule has 0 unspecified atom stereocenters. The summed E-state index contributed by atoms with van der Waals surface area (Å²) in [6, 6.07) is 13.4. The van der Waals surface area contributed by atoms with E-state index in [0.717, 1.165) is 5.56 Å². The van der Waals surface area contributed by atoms with Crippen LogP contribution in [0.25, 0.3) is 0 Å². The number of carbonyl (C=O) groups excluding carboxylic acids is 1. The minimum atomic E-state index is -0.459. The predicted molar refractivity (Wildman–Crippen MR) is 97.9 cm³/mol. The van der Waals surface area contributed by atoms with Crippen LogP contribution in [0.4, 0.5) is 5.69 Å². The predicted octanol–water partition coefficient (Wildman–Crippen LogP) is 4.05. The summed E-state index contributed by atoms with van der Waals surface area (Å²) < 4.78 is 0. The summed E-state index contributed by atoms with van der Waals surface area (Å²) >= 11 is 0. The number of hydrogen-bond acceptors (Lipinski definition) is 4. The summed E-state index contributed by atoms with van der Waals surface area (Å²) in [4.78, 5) is 22.4. The van der Waals surface area contributed by atoms with Gasteiger partial charge in [-0.05, 0) is 47.7 Å². The number of non-ortho nitro benzene ring substituents is 1. The van der Waals surface area contributed by atoms with Crippen LogP contribution in [0.2, 0.25) is 0 Å². The summed E-state index contributed by atoms with van der Waals surface area (Å²) in [5, 5.41) is 14.7. The van der Waals surface area contributed by atoms with E-state index >= 15 is 0 Å². The zero-order valence-corrected chi connectivity index (χ0v) is 14.7. The fraction of sp³-hybridized carbons (Fsp3) is 0.263. The molecule has 0 aliphatic heterocycles. The first-order valence-electron chi connectivity index (χ1n) is 7.88. The van der Waals surface area contributed by atoms with E-state index in [0.29, 0.717) is 16.8 Å². The molecule has 0 fully saturated rings. The second kappa shape index (κ2) is 7.25. The van der Waals surface area contributed by atoms with Crippen LogP contribution in [-0.4, -0.2) is 16.5 Å². The number of amides is 1. The van der Waals surface area contributed by atoms with Gasteiger partial charge < -0.3 is 0 Å². The molecule has 130 valence electrons. The third-order valence-corrected chi connectivity index (χ3v) is 3.83. The molecule has 0 radical (unpaired) electrons. The molecular formula is C19H21N3O3. The van der Waals surface area contributed by atoms with E-state index in [1.165, 1.54) is 12.1 Å². The molecule has 0 aliphatic rings. The van der Waals surface area contributed by atoms with Crippen LogP contribution in [0.3, 0.4) is 0 Å². The van der Waals surface area contributed by atoms with Gasteiger partial charge in [-0.15, -0.1) is 0 Å². The Labute approximate surface area is 146 Å². The molecule has 25 heavy (non-hydrogen) atoms. The Morgan fingerprint density at radius 1 is 1.00 bits per heavy atom. The van der Waals surface area contributed by atoms with Gasteiger partial charge in [-0.2, -0.15) is 5.10 Å². The van der Waals surface area contributed by atoms with Gasteiger partial charge in [0, 0.05) is 17.7 Å². The number of hydrazone groups is 1. The largest absolute Gasteiger partial charge is 0.271 e. The monoisotopic (exact) mass is 339 g/mol. The van der Waals surface area contributed by atoms with Crippen LogP contribution in [0.15, 0.2) is 53.6 Å². The molecule has 0 aliphatic carbocycles. The molecule has 0 heterocycles. The van der Waals surface area contributed by atoms with Crippen LogP contribution >= 0.6 is 0 Å². The Hall–Kier alpha value is -3.02. The van der Waals surface area contributed by atoms with Gasteiger partial charge in [-0.3, -0.25) is 14.9 Å². The highest BCUT2D eigenvalue weighted by molar-refractivity contribution is 6.01. The molecule has 6 nitrogen and oxygen atoms in total. The maximum absolute atomic E-state index is 12.2. The van der Waals surface area contributed by atoms with Gasteiger partial charge in [0.05, 0.1) is 10.6 Å². The minimum absolute atomic E-state index is 0.0134. The van der Waals surface area contributed by atoms with Gasteiger partial charge in [-0.1, -0.05) is 32.9 Å². The lowest BCUT2D eigenvalue weighted by molar-refractivity contribution is -0.384. The molecule has 1 N–H and O–H groups in total. The average molecular weight is 339 g/mol. The molecule has 2 rings (SSSR count). The first kappa shape index (κ1) is 18.3. The van der Waals surface area contributed by atoms with Crippen molar-refractivity contribution in [3.8, 4) is 0 Å². The second-order valence-electron chi connectivity index (χ2n) is 6.77.